The van der Waals surface area contributed by atoms with E-state index in [9.17, 15) is 19.7 Å². The molecule has 2 aromatic rings. The highest BCUT2D eigenvalue weighted by molar-refractivity contribution is 6.23. The van der Waals surface area contributed by atoms with Crippen molar-refractivity contribution in [1.82, 2.24) is 0 Å². The van der Waals surface area contributed by atoms with E-state index in [2.05, 4.69) is 5.16 Å². The molecule has 0 N–H and O–H groups in total. The van der Waals surface area contributed by atoms with Gasteiger partial charge in [0.25, 0.3) is 5.69 Å². The van der Waals surface area contributed by atoms with E-state index in [0.717, 1.165) is 12.0 Å². The maximum absolute atomic E-state index is 13.5. The summed E-state index contributed by atoms with van der Waals surface area (Å²) in [6, 6.07) is 11.3. The van der Waals surface area contributed by atoms with Gasteiger partial charge in [-0.2, -0.15) is 0 Å². The van der Waals surface area contributed by atoms with Crippen LogP contribution < -0.4 is 14.4 Å². The van der Waals surface area contributed by atoms with E-state index in [-0.39, 0.29) is 48.2 Å². The molecular weight excluding hydrogens is 430 g/mol. The van der Waals surface area contributed by atoms with Gasteiger partial charge < -0.3 is 14.3 Å². The Hall–Kier alpha value is -3.95. The molecule has 2 amide bonds. The maximum Gasteiger partial charge on any atom is 0.269 e. The Morgan fingerprint density at radius 3 is 2.42 bits per heavy atom. The molecule has 3 fully saturated rings. The molecule has 10 nitrogen and oxygen atoms in total. The number of nitro benzene ring substituents is 1. The summed E-state index contributed by atoms with van der Waals surface area (Å²) in [5, 5.41) is 15.3. The van der Waals surface area contributed by atoms with Gasteiger partial charge in [0.15, 0.2) is 11.5 Å². The number of oxime groups is 1. The zero-order valence-corrected chi connectivity index (χ0v) is 17.1. The van der Waals surface area contributed by atoms with Crippen molar-refractivity contribution >= 4 is 28.9 Å². The minimum atomic E-state index is -0.449. The van der Waals surface area contributed by atoms with Crippen LogP contribution in [-0.4, -0.2) is 35.3 Å². The van der Waals surface area contributed by atoms with Crippen LogP contribution in [-0.2, 0) is 14.4 Å². The zero-order valence-electron chi connectivity index (χ0n) is 17.1. The van der Waals surface area contributed by atoms with Crippen LogP contribution >= 0.6 is 0 Å². The van der Waals surface area contributed by atoms with Crippen molar-refractivity contribution in [2.75, 3.05) is 11.7 Å². The monoisotopic (exact) mass is 447 g/mol. The van der Waals surface area contributed by atoms with Crippen LogP contribution in [0.3, 0.4) is 0 Å². The first-order valence-electron chi connectivity index (χ1n) is 10.8. The largest absolute Gasteiger partial charge is 0.454 e. The van der Waals surface area contributed by atoms with Gasteiger partial charge in [-0.3, -0.25) is 19.7 Å². The van der Waals surface area contributed by atoms with Crippen LogP contribution in [0.15, 0.2) is 47.6 Å². The predicted molar refractivity (Wildman–Crippen MR) is 112 cm³/mol. The van der Waals surface area contributed by atoms with Gasteiger partial charge in [-0.15, -0.1) is 0 Å². The van der Waals surface area contributed by atoms with E-state index in [0.29, 0.717) is 22.9 Å². The number of benzene rings is 2. The summed E-state index contributed by atoms with van der Waals surface area (Å²) in [6.07, 6.45) is 0.457. The highest BCUT2D eigenvalue weighted by Gasteiger charge is 2.70. The number of anilines is 1. The van der Waals surface area contributed by atoms with Crippen LogP contribution in [0.5, 0.6) is 11.5 Å². The molecule has 0 aromatic heterocycles. The number of hydrogen-bond donors (Lipinski definition) is 0. The maximum atomic E-state index is 13.5. The van der Waals surface area contributed by atoms with Crippen molar-refractivity contribution in [3.63, 3.8) is 0 Å². The van der Waals surface area contributed by atoms with Crippen molar-refractivity contribution in [3.05, 3.63) is 58.1 Å². The lowest BCUT2D eigenvalue weighted by molar-refractivity contribution is -0.384. The summed E-state index contributed by atoms with van der Waals surface area (Å²) in [5.41, 5.74) is 1.92. The Balaban J connectivity index is 1.21. The molecule has 0 unspecified atom stereocenters. The van der Waals surface area contributed by atoms with Crippen LogP contribution in [0.25, 0.3) is 0 Å². The SMILES string of the molecule is O=C1[C@@H]2[C@H]3C[C@H]([C@H]4ON=C(c5ccc([N+](=O)[O-])cc5)[C@@H]34)[C@@H]2C(=O)N1c1ccc2c(c1)OCO2. The zero-order chi connectivity index (χ0) is 22.4. The van der Waals surface area contributed by atoms with Gasteiger partial charge in [0.2, 0.25) is 18.6 Å². The molecule has 33 heavy (non-hydrogen) atoms. The van der Waals surface area contributed by atoms with E-state index in [1.165, 1.54) is 17.0 Å². The highest BCUT2D eigenvalue weighted by atomic mass is 16.7. The van der Waals surface area contributed by atoms with E-state index in [1.807, 2.05) is 0 Å². The third-order valence-corrected chi connectivity index (χ3v) is 7.68. The molecule has 2 aliphatic carbocycles. The Morgan fingerprint density at radius 2 is 1.67 bits per heavy atom. The van der Waals surface area contributed by atoms with Crippen molar-refractivity contribution in [2.45, 2.75) is 12.5 Å². The van der Waals surface area contributed by atoms with Crippen molar-refractivity contribution < 1.29 is 28.8 Å². The number of amides is 2. The number of rotatable bonds is 3. The van der Waals surface area contributed by atoms with Crippen molar-refractivity contribution in [2.24, 2.45) is 34.7 Å². The molecule has 3 heterocycles. The molecule has 0 radical (unpaired) electrons. The van der Waals surface area contributed by atoms with Gasteiger partial charge in [-0.05, 0) is 36.6 Å². The number of fused-ring (bicyclic) bond motifs is 9. The summed E-state index contributed by atoms with van der Waals surface area (Å²) in [4.78, 5) is 44.5. The minimum Gasteiger partial charge on any atom is -0.454 e. The lowest BCUT2D eigenvalue weighted by Crippen LogP contribution is -2.41. The second-order valence-electron chi connectivity index (χ2n) is 9.04. The Bertz CT molecular complexity index is 1270. The quantitative estimate of drug-likeness (QED) is 0.403. The summed E-state index contributed by atoms with van der Waals surface area (Å²) in [7, 11) is 0. The van der Waals surface area contributed by atoms with Gasteiger partial charge in [0.1, 0.15) is 6.10 Å². The first-order chi connectivity index (χ1) is 16.0. The molecule has 3 aliphatic heterocycles. The van der Waals surface area contributed by atoms with E-state index in [1.54, 1.807) is 30.3 Å². The number of carbonyl (C=O) groups excluding carboxylic acids is 2. The van der Waals surface area contributed by atoms with Crippen LogP contribution in [0.2, 0.25) is 0 Å². The third-order valence-electron chi connectivity index (χ3n) is 7.68. The topological polar surface area (TPSA) is 121 Å². The van der Waals surface area contributed by atoms with Crippen LogP contribution in [0.4, 0.5) is 11.4 Å². The molecule has 166 valence electrons. The van der Waals surface area contributed by atoms with Gasteiger partial charge in [-0.25, -0.2) is 4.90 Å². The molecule has 7 rings (SSSR count). The molecule has 6 atom stereocenters. The predicted octanol–water partition coefficient (Wildman–Crippen LogP) is 2.50. The smallest absolute Gasteiger partial charge is 0.269 e. The first-order valence-corrected chi connectivity index (χ1v) is 10.8. The van der Waals surface area contributed by atoms with Crippen molar-refractivity contribution in [3.8, 4) is 11.5 Å². The number of carbonyl (C=O) groups is 2. The molecule has 2 bridgehead atoms. The molecular formula is C23H17N3O7. The van der Waals surface area contributed by atoms with E-state index >= 15 is 0 Å². The van der Waals surface area contributed by atoms with Gasteiger partial charge in [0.05, 0.1) is 28.2 Å². The lowest BCUT2D eigenvalue weighted by atomic mass is 9.71. The Labute approximate surface area is 186 Å². The number of ether oxygens (including phenoxy) is 2. The standard InChI is InChI=1S/C23H17N3O7/c27-22-17-13-8-14(18(17)23(28)25(22)12-5-6-15-16(7-12)32-9-31-15)21-19(13)20(24-33-21)10-1-3-11(4-2-10)26(29)30/h1-7,13-14,17-19,21H,8-9H2/t13-,14+,17-,18+,19-,21-/m1/s1. The number of nitrogens with zero attached hydrogens (tertiary/aromatic N) is 3. The number of non-ortho nitro benzene ring substituents is 1. The van der Waals surface area contributed by atoms with Gasteiger partial charge >= 0.3 is 0 Å². The van der Waals surface area contributed by atoms with Crippen LogP contribution in [0.1, 0.15) is 12.0 Å². The fourth-order valence-electron chi connectivity index (χ4n) is 6.40. The fraction of sp³-hybridized carbons (Fsp3) is 0.348. The van der Waals surface area contributed by atoms with Gasteiger partial charge in [-0.1, -0.05) is 5.16 Å². The van der Waals surface area contributed by atoms with Crippen molar-refractivity contribution in [1.29, 1.82) is 0 Å². The highest BCUT2D eigenvalue weighted by Crippen LogP contribution is 2.62. The molecule has 2 saturated carbocycles. The number of nitro groups is 1. The molecule has 2 aromatic carbocycles. The molecule has 5 aliphatic rings. The normalized spacial score (nSPS) is 32.6. The summed E-state index contributed by atoms with van der Waals surface area (Å²) in [5.74, 6) is -0.458. The molecule has 1 saturated heterocycles. The Kier molecular flexibility index (Phi) is 3.56. The third kappa shape index (κ3) is 2.35. The first kappa shape index (κ1) is 18.6. The number of imide groups is 1. The summed E-state index contributed by atoms with van der Waals surface area (Å²) >= 11 is 0. The fourth-order valence-corrected chi connectivity index (χ4v) is 6.40. The summed E-state index contributed by atoms with van der Waals surface area (Å²) < 4.78 is 10.8. The van der Waals surface area contributed by atoms with Gasteiger partial charge in [0, 0.05) is 35.6 Å². The second-order valence-corrected chi connectivity index (χ2v) is 9.04. The van der Waals surface area contributed by atoms with E-state index in [4.69, 9.17) is 14.3 Å². The number of hydrogen-bond acceptors (Lipinski definition) is 8. The molecule has 10 heteroatoms. The molecule has 0 spiro atoms. The second kappa shape index (κ2) is 6.31. The average Bonchev–Trinajstić information content (AvgIpc) is 3.61. The Morgan fingerprint density at radius 1 is 0.939 bits per heavy atom. The lowest BCUT2D eigenvalue weighted by Gasteiger charge is -2.29. The van der Waals surface area contributed by atoms with E-state index < -0.39 is 16.8 Å². The minimum absolute atomic E-state index is 0.00115. The average molecular weight is 447 g/mol. The summed E-state index contributed by atoms with van der Waals surface area (Å²) in [6.45, 7) is 0.113. The van der Waals surface area contributed by atoms with Crippen LogP contribution in [0, 0.1) is 39.7 Å².